The molecule has 2 N–H and O–H groups in total. The molecule has 1 fully saturated rings. The zero-order chi connectivity index (χ0) is 20.1. The lowest BCUT2D eigenvalue weighted by molar-refractivity contribution is 0.182. The van der Waals surface area contributed by atoms with E-state index in [9.17, 15) is 0 Å². The molecule has 0 spiro atoms. The fourth-order valence-electron chi connectivity index (χ4n) is 3.49. The number of hydrogen-bond acceptors (Lipinski definition) is 9. The quantitative estimate of drug-likeness (QED) is 0.525. The van der Waals surface area contributed by atoms with Crippen molar-refractivity contribution in [2.24, 2.45) is 0 Å². The molecule has 1 atom stereocenters. The van der Waals surface area contributed by atoms with Crippen LogP contribution in [0.15, 0.2) is 39.4 Å². The third kappa shape index (κ3) is 4.64. The monoisotopic (exact) mass is 399 g/mol. The second-order valence-electron chi connectivity index (χ2n) is 6.96. The van der Waals surface area contributed by atoms with Gasteiger partial charge in [0, 0.05) is 25.4 Å². The van der Waals surface area contributed by atoms with Crippen molar-refractivity contribution in [1.29, 1.82) is 0 Å². The standard InChI is InChI=1S/C20H25N5O4/c1-27-10-8-21-18-7-4-14(11-22-18)19-23-20(29-24-19)17-3-2-9-25(17)12-15-5-6-16(13-26)28-15/h4-7,11,17,26H,2-3,8-10,12-13H2,1H3,(H,21,22). The van der Waals surface area contributed by atoms with Crippen molar-refractivity contribution >= 4 is 5.82 Å². The fourth-order valence-corrected chi connectivity index (χ4v) is 3.49. The molecule has 1 aliphatic rings. The molecule has 0 aromatic carbocycles. The zero-order valence-corrected chi connectivity index (χ0v) is 16.4. The SMILES string of the molecule is COCCNc1ccc(-c2noc(C3CCCN3Cc3ccc(CO)o3)n2)cn1. The van der Waals surface area contributed by atoms with Crippen molar-refractivity contribution in [3.05, 3.63) is 47.9 Å². The number of nitrogens with zero attached hydrogens (tertiary/aromatic N) is 4. The molecular weight excluding hydrogens is 374 g/mol. The number of ether oxygens (including phenoxy) is 1. The number of methoxy groups -OCH3 is 1. The van der Waals surface area contributed by atoms with Crippen molar-refractivity contribution in [1.82, 2.24) is 20.0 Å². The summed E-state index contributed by atoms with van der Waals surface area (Å²) in [7, 11) is 1.67. The van der Waals surface area contributed by atoms with E-state index in [-0.39, 0.29) is 12.6 Å². The number of anilines is 1. The van der Waals surface area contributed by atoms with E-state index in [4.69, 9.17) is 18.8 Å². The van der Waals surface area contributed by atoms with E-state index in [1.54, 1.807) is 19.4 Å². The average Bonchev–Trinajstić information content (AvgIpc) is 3.50. The molecule has 1 saturated heterocycles. The van der Waals surface area contributed by atoms with E-state index in [1.807, 2.05) is 18.2 Å². The Morgan fingerprint density at radius 2 is 2.17 bits per heavy atom. The summed E-state index contributed by atoms with van der Waals surface area (Å²) in [4.78, 5) is 11.3. The van der Waals surface area contributed by atoms with Crippen molar-refractivity contribution in [3.63, 3.8) is 0 Å². The predicted octanol–water partition coefficient (Wildman–Crippen LogP) is 2.61. The van der Waals surface area contributed by atoms with Gasteiger partial charge >= 0.3 is 0 Å². The van der Waals surface area contributed by atoms with Gasteiger partial charge in [-0.2, -0.15) is 4.98 Å². The lowest BCUT2D eigenvalue weighted by atomic mass is 10.2. The van der Waals surface area contributed by atoms with Gasteiger partial charge in [0.1, 0.15) is 23.9 Å². The molecule has 0 aliphatic carbocycles. The van der Waals surface area contributed by atoms with Crippen LogP contribution in [0.3, 0.4) is 0 Å². The van der Waals surface area contributed by atoms with Crippen LogP contribution in [-0.2, 0) is 17.9 Å². The predicted molar refractivity (Wildman–Crippen MR) is 105 cm³/mol. The molecular formula is C20H25N5O4. The third-order valence-electron chi connectivity index (χ3n) is 4.96. The fraction of sp³-hybridized carbons (Fsp3) is 0.450. The molecule has 9 heteroatoms. The first-order chi connectivity index (χ1) is 14.3. The summed E-state index contributed by atoms with van der Waals surface area (Å²) in [6.45, 7) is 2.80. The molecule has 4 rings (SSSR count). The lowest BCUT2D eigenvalue weighted by Gasteiger charge is -2.19. The van der Waals surface area contributed by atoms with E-state index >= 15 is 0 Å². The molecule has 0 saturated carbocycles. The number of hydrogen-bond donors (Lipinski definition) is 2. The minimum atomic E-state index is -0.0921. The van der Waals surface area contributed by atoms with Crippen molar-refractivity contribution in [2.75, 3.05) is 32.1 Å². The van der Waals surface area contributed by atoms with Crippen molar-refractivity contribution in [3.8, 4) is 11.4 Å². The molecule has 0 amide bonds. The molecule has 3 aromatic heterocycles. The Kier molecular flexibility index (Phi) is 6.18. The van der Waals surface area contributed by atoms with E-state index in [0.29, 0.717) is 37.2 Å². The van der Waals surface area contributed by atoms with Crippen LogP contribution < -0.4 is 5.32 Å². The number of rotatable bonds is 9. The summed E-state index contributed by atoms with van der Waals surface area (Å²) in [5.41, 5.74) is 0.806. The van der Waals surface area contributed by atoms with Gasteiger partial charge in [-0.05, 0) is 43.7 Å². The van der Waals surface area contributed by atoms with Crippen LogP contribution in [-0.4, -0.2) is 51.9 Å². The van der Waals surface area contributed by atoms with Gasteiger partial charge in [0.05, 0.1) is 19.2 Å². The molecule has 154 valence electrons. The number of furan rings is 1. The minimum Gasteiger partial charge on any atom is -0.462 e. The number of aromatic nitrogens is 3. The van der Waals surface area contributed by atoms with E-state index < -0.39 is 0 Å². The summed E-state index contributed by atoms with van der Waals surface area (Å²) < 4.78 is 16.2. The highest BCUT2D eigenvalue weighted by molar-refractivity contribution is 5.55. The van der Waals surface area contributed by atoms with Crippen LogP contribution in [0.1, 0.15) is 36.3 Å². The normalized spacial score (nSPS) is 17.1. The number of aliphatic hydroxyl groups is 1. The third-order valence-corrected chi connectivity index (χ3v) is 4.96. The smallest absolute Gasteiger partial charge is 0.244 e. The van der Waals surface area contributed by atoms with Crippen molar-refractivity contribution < 1.29 is 18.8 Å². The van der Waals surface area contributed by atoms with Gasteiger partial charge in [0.2, 0.25) is 11.7 Å². The Labute approximate surface area is 168 Å². The molecule has 1 aliphatic heterocycles. The Balaban J connectivity index is 1.42. The first-order valence-electron chi connectivity index (χ1n) is 9.72. The number of pyridine rings is 1. The van der Waals surface area contributed by atoms with Crippen molar-refractivity contribution in [2.45, 2.75) is 32.0 Å². The van der Waals surface area contributed by atoms with Gasteiger partial charge in [-0.1, -0.05) is 5.16 Å². The number of aliphatic hydroxyl groups excluding tert-OH is 1. The Hall–Kier alpha value is -2.75. The highest BCUT2D eigenvalue weighted by Gasteiger charge is 2.31. The van der Waals surface area contributed by atoms with Crippen LogP contribution in [0.25, 0.3) is 11.4 Å². The highest BCUT2D eigenvalue weighted by Crippen LogP contribution is 2.33. The maximum Gasteiger partial charge on any atom is 0.244 e. The van der Waals surface area contributed by atoms with Crippen LogP contribution in [0.4, 0.5) is 5.82 Å². The summed E-state index contributed by atoms with van der Waals surface area (Å²) in [6.07, 6.45) is 3.74. The van der Waals surface area contributed by atoms with E-state index in [2.05, 4.69) is 25.3 Å². The number of nitrogens with one attached hydrogen (secondary N) is 1. The van der Waals surface area contributed by atoms with Crippen LogP contribution >= 0.6 is 0 Å². The van der Waals surface area contributed by atoms with Gasteiger partial charge in [0.25, 0.3) is 0 Å². The molecule has 0 radical (unpaired) electrons. The molecule has 29 heavy (non-hydrogen) atoms. The second-order valence-corrected chi connectivity index (χ2v) is 6.96. The van der Waals surface area contributed by atoms with E-state index in [0.717, 1.165) is 36.5 Å². The molecule has 0 bridgehead atoms. The van der Waals surface area contributed by atoms with Crippen LogP contribution in [0.5, 0.6) is 0 Å². The summed E-state index contributed by atoms with van der Waals surface area (Å²) in [5, 5.41) is 16.5. The van der Waals surface area contributed by atoms with Crippen LogP contribution in [0, 0.1) is 0 Å². The zero-order valence-electron chi connectivity index (χ0n) is 16.4. The molecule has 1 unspecified atom stereocenters. The first-order valence-corrected chi connectivity index (χ1v) is 9.72. The molecule has 4 heterocycles. The van der Waals surface area contributed by atoms with Gasteiger partial charge in [-0.15, -0.1) is 0 Å². The summed E-state index contributed by atoms with van der Waals surface area (Å²) in [5.74, 6) is 3.30. The molecule has 3 aromatic rings. The van der Waals surface area contributed by atoms with Gasteiger partial charge < -0.3 is 24.1 Å². The highest BCUT2D eigenvalue weighted by atomic mass is 16.5. The second kappa shape index (κ2) is 9.17. The Morgan fingerprint density at radius 1 is 1.28 bits per heavy atom. The Bertz CT molecular complexity index is 908. The molecule has 9 nitrogen and oxygen atoms in total. The maximum absolute atomic E-state index is 9.17. The number of likely N-dealkylation sites (tertiary alicyclic amines) is 1. The van der Waals surface area contributed by atoms with Gasteiger partial charge in [-0.3, -0.25) is 4.90 Å². The lowest BCUT2D eigenvalue weighted by Crippen LogP contribution is -2.22. The summed E-state index contributed by atoms with van der Waals surface area (Å²) >= 11 is 0. The van der Waals surface area contributed by atoms with Gasteiger partial charge in [0.15, 0.2) is 0 Å². The van der Waals surface area contributed by atoms with E-state index in [1.165, 1.54) is 0 Å². The average molecular weight is 399 g/mol. The van der Waals surface area contributed by atoms with Crippen LogP contribution in [0.2, 0.25) is 0 Å². The Morgan fingerprint density at radius 3 is 2.93 bits per heavy atom. The summed E-state index contributed by atoms with van der Waals surface area (Å²) in [6, 6.07) is 7.56. The maximum atomic E-state index is 9.17. The van der Waals surface area contributed by atoms with Gasteiger partial charge in [-0.25, -0.2) is 4.98 Å². The minimum absolute atomic E-state index is 0.0573. The first kappa shape index (κ1) is 19.6. The largest absolute Gasteiger partial charge is 0.462 e. The topological polar surface area (TPSA) is 110 Å².